The van der Waals surface area contributed by atoms with Gasteiger partial charge < -0.3 is 9.15 Å². The van der Waals surface area contributed by atoms with Crippen LogP contribution in [0.1, 0.15) is 5.56 Å². The van der Waals surface area contributed by atoms with Gasteiger partial charge in [0.05, 0.1) is 6.26 Å². The second-order valence-electron chi connectivity index (χ2n) is 4.75. The quantitative estimate of drug-likeness (QED) is 0.703. The molecule has 1 aromatic carbocycles. The minimum Gasteiger partial charge on any atom is -0.483 e. The summed E-state index contributed by atoms with van der Waals surface area (Å²) in [5.74, 6) is 1.16. The Morgan fingerprint density at radius 1 is 1.39 bits per heavy atom. The van der Waals surface area contributed by atoms with Crippen molar-refractivity contribution < 1.29 is 13.9 Å². The van der Waals surface area contributed by atoms with Crippen LogP contribution in [0, 0.1) is 11.7 Å². The van der Waals surface area contributed by atoms with Crippen LogP contribution in [0.5, 0.6) is 5.75 Å². The van der Waals surface area contributed by atoms with Gasteiger partial charge in [-0.15, -0.1) is 5.10 Å². The molecule has 0 aliphatic heterocycles. The third kappa shape index (κ3) is 3.32. The van der Waals surface area contributed by atoms with Crippen molar-refractivity contribution in [2.75, 3.05) is 12.0 Å². The van der Waals surface area contributed by atoms with Crippen molar-refractivity contribution in [3.8, 4) is 17.3 Å². The van der Waals surface area contributed by atoms with Gasteiger partial charge in [-0.1, -0.05) is 18.2 Å². The molecule has 0 aliphatic carbocycles. The van der Waals surface area contributed by atoms with Crippen LogP contribution < -0.4 is 10.2 Å². The van der Waals surface area contributed by atoms with E-state index in [4.69, 9.17) is 21.4 Å². The highest BCUT2D eigenvalue weighted by molar-refractivity contribution is 7.71. The average Bonchev–Trinajstić information content (AvgIpc) is 3.17. The molecule has 0 saturated carbocycles. The summed E-state index contributed by atoms with van der Waals surface area (Å²) < 4.78 is 12.4. The number of hydrogen-bond donors (Lipinski definition) is 2. The Kier molecular flexibility index (Phi) is 4.24. The maximum absolute atomic E-state index is 12.1. The lowest BCUT2D eigenvalue weighted by atomic mass is 10.2. The van der Waals surface area contributed by atoms with Gasteiger partial charge >= 0.3 is 0 Å². The monoisotopic (exact) mass is 330 g/mol. The molecule has 118 valence electrons. The SMILES string of the molecule is Cc1ccccc1OCC(=O)Nn1c(-c2ccco2)n[nH]c1=S. The van der Waals surface area contributed by atoms with E-state index in [1.165, 1.54) is 10.9 Å². The molecular weight excluding hydrogens is 316 g/mol. The van der Waals surface area contributed by atoms with E-state index in [2.05, 4.69) is 15.6 Å². The summed E-state index contributed by atoms with van der Waals surface area (Å²) >= 11 is 5.11. The number of nitrogens with one attached hydrogen (secondary N) is 2. The number of aromatic amines is 1. The normalized spacial score (nSPS) is 10.5. The molecule has 2 heterocycles. The Hall–Kier alpha value is -2.87. The lowest BCUT2D eigenvalue weighted by Crippen LogP contribution is -2.28. The van der Waals surface area contributed by atoms with E-state index in [1.54, 1.807) is 18.2 Å². The molecule has 2 N–H and O–H groups in total. The fourth-order valence-electron chi connectivity index (χ4n) is 1.99. The van der Waals surface area contributed by atoms with E-state index >= 15 is 0 Å². The van der Waals surface area contributed by atoms with Gasteiger partial charge in [-0.2, -0.15) is 0 Å². The predicted molar refractivity (Wildman–Crippen MR) is 86.2 cm³/mol. The number of aryl methyl sites for hydroxylation is 1. The molecular formula is C15H14N4O3S. The molecule has 1 amide bonds. The Labute approximate surface area is 136 Å². The van der Waals surface area contributed by atoms with Gasteiger partial charge in [-0.05, 0) is 42.9 Å². The zero-order valence-corrected chi connectivity index (χ0v) is 13.1. The predicted octanol–water partition coefficient (Wildman–Crippen LogP) is 2.66. The number of rotatable bonds is 5. The molecule has 0 radical (unpaired) electrons. The molecule has 3 rings (SSSR count). The number of hydrogen-bond acceptors (Lipinski definition) is 5. The van der Waals surface area contributed by atoms with Crippen molar-refractivity contribution in [3.63, 3.8) is 0 Å². The molecule has 7 nitrogen and oxygen atoms in total. The van der Waals surface area contributed by atoms with Crippen LogP contribution in [-0.4, -0.2) is 27.4 Å². The molecule has 0 fully saturated rings. The smallest absolute Gasteiger partial charge is 0.276 e. The minimum atomic E-state index is -0.362. The van der Waals surface area contributed by atoms with Crippen molar-refractivity contribution in [1.29, 1.82) is 0 Å². The summed E-state index contributed by atoms with van der Waals surface area (Å²) in [6.07, 6.45) is 1.51. The molecule has 23 heavy (non-hydrogen) atoms. The van der Waals surface area contributed by atoms with Crippen LogP contribution in [0.25, 0.3) is 11.6 Å². The molecule has 0 saturated heterocycles. The van der Waals surface area contributed by atoms with Gasteiger partial charge in [0.15, 0.2) is 12.4 Å². The molecule has 2 aromatic heterocycles. The Balaban J connectivity index is 1.70. The first-order valence-electron chi connectivity index (χ1n) is 6.85. The molecule has 0 atom stereocenters. The van der Waals surface area contributed by atoms with Crippen LogP contribution in [0.2, 0.25) is 0 Å². The zero-order valence-electron chi connectivity index (χ0n) is 12.3. The Morgan fingerprint density at radius 2 is 2.22 bits per heavy atom. The largest absolute Gasteiger partial charge is 0.483 e. The highest BCUT2D eigenvalue weighted by Crippen LogP contribution is 2.17. The minimum absolute atomic E-state index is 0.143. The van der Waals surface area contributed by atoms with Gasteiger partial charge in [0, 0.05) is 0 Å². The van der Waals surface area contributed by atoms with E-state index in [9.17, 15) is 4.79 Å². The van der Waals surface area contributed by atoms with E-state index in [1.807, 2.05) is 25.1 Å². The summed E-state index contributed by atoms with van der Waals surface area (Å²) in [6.45, 7) is 1.77. The first kappa shape index (κ1) is 15.0. The number of benzene rings is 1. The Bertz CT molecular complexity index is 867. The summed E-state index contributed by atoms with van der Waals surface area (Å²) in [5, 5.41) is 6.65. The van der Waals surface area contributed by atoms with Gasteiger partial charge in [-0.3, -0.25) is 10.2 Å². The van der Waals surface area contributed by atoms with Gasteiger partial charge in [0.1, 0.15) is 5.75 Å². The second-order valence-corrected chi connectivity index (χ2v) is 5.14. The van der Waals surface area contributed by atoms with Crippen molar-refractivity contribution in [3.05, 3.63) is 53.0 Å². The molecule has 0 bridgehead atoms. The zero-order chi connectivity index (χ0) is 16.2. The average molecular weight is 330 g/mol. The number of para-hydroxylation sites is 1. The second kappa shape index (κ2) is 6.49. The first-order chi connectivity index (χ1) is 11.1. The lowest BCUT2D eigenvalue weighted by Gasteiger charge is -2.10. The number of furan rings is 1. The summed E-state index contributed by atoms with van der Waals surface area (Å²) in [5.41, 5.74) is 3.59. The molecule has 3 aromatic rings. The van der Waals surface area contributed by atoms with E-state index in [0.29, 0.717) is 17.3 Å². The number of carbonyl (C=O) groups is 1. The highest BCUT2D eigenvalue weighted by Gasteiger charge is 2.14. The number of ether oxygens (including phenoxy) is 1. The van der Waals surface area contributed by atoms with Crippen molar-refractivity contribution >= 4 is 18.1 Å². The standard InChI is InChI=1S/C15H14N4O3S/c1-10-5-2-3-6-11(10)22-9-13(20)18-19-14(16-17-15(19)23)12-7-4-8-21-12/h2-8H,9H2,1H3,(H,17,23)(H,18,20). The maximum Gasteiger partial charge on any atom is 0.276 e. The van der Waals surface area contributed by atoms with Crippen LogP contribution in [0.4, 0.5) is 0 Å². The maximum atomic E-state index is 12.1. The summed E-state index contributed by atoms with van der Waals surface area (Å²) in [4.78, 5) is 12.1. The Morgan fingerprint density at radius 3 is 2.96 bits per heavy atom. The van der Waals surface area contributed by atoms with E-state index < -0.39 is 0 Å². The van der Waals surface area contributed by atoms with Crippen LogP contribution in [0.15, 0.2) is 47.1 Å². The van der Waals surface area contributed by atoms with Gasteiger partial charge in [0.2, 0.25) is 10.6 Å². The lowest BCUT2D eigenvalue weighted by molar-refractivity contribution is -0.119. The third-order valence-corrected chi connectivity index (χ3v) is 3.38. The van der Waals surface area contributed by atoms with Crippen molar-refractivity contribution in [2.45, 2.75) is 6.92 Å². The molecule has 8 heteroatoms. The van der Waals surface area contributed by atoms with Crippen molar-refractivity contribution in [1.82, 2.24) is 14.9 Å². The fourth-order valence-corrected chi connectivity index (χ4v) is 2.17. The van der Waals surface area contributed by atoms with E-state index in [-0.39, 0.29) is 17.3 Å². The number of H-pyrrole nitrogens is 1. The molecule has 0 spiro atoms. The molecule has 0 unspecified atom stereocenters. The van der Waals surface area contributed by atoms with Gasteiger partial charge in [-0.25, -0.2) is 9.77 Å². The van der Waals surface area contributed by atoms with Crippen LogP contribution in [-0.2, 0) is 4.79 Å². The number of aromatic nitrogens is 3. The number of nitrogens with zero attached hydrogens (tertiary/aromatic N) is 2. The summed E-state index contributed by atoms with van der Waals surface area (Å²) in [6, 6.07) is 10.9. The first-order valence-corrected chi connectivity index (χ1v) is 7.25. The van der Waals surface area contributed by atoms with Crippen LogP contribution >= 0.6 is 12.2 Å². The topological polar surface area (TPSA) is 85.1 Å². The van der Waals surface area contributed by atoms with Crippen LogP contribution in [0.3, 0.4) is 0 Å². The van der Waals surface area contributed by atoms with E-state index in [0.717, 1.165) is 5.56 Å². The third-order valence-electron chi connectivity index (χ3n) is 3.10. The highest BCUT2D eigenvalue weighted by atomic mass is 32.1. The molecule has 0 aliphatic rings. The summed E-state index contributed by atoms with van der Waals surface area (Å²) in [7, 11) is 0. The van der Waals surface area contributed by atoms with Gasteiger partial charge in [0.25, 0.3) is 5.91 Å². The number of amides is 1. The van der Waals surface area contributed by atoms with Crippen molar-refractivity contribution in [2.24, 2.45) is 0 Å². The number of carbonyl (C=O) groups excluding carboxylic acids is 1. The fraction of sp³-hybridized carbons (Fsp3) is 0.133.